The van der Waals surface area contributed by atoms with Crippen molar-refractivity contribution >= 4 is 0 Å². The van der Waals surface area contributed by atoms with Crippen molar-refractivity contribution in [3.63, 3.8) is 0 Å². The highest BCUT2D eigenvalue weighted by atomic mass is 19.4. The van der Waals surface area contributed by atoms with Gasteiger partial charge in [-0.1, -0.05) is 18.2 Å². The lowest BCUT2D eigenvalue weighted by atomic mass is 9.97. The molecule has 0 saturated heterocycles. The molecule has 0 N–H and O–H groups in total. The average molecular weight is 286 g/mol. The highest BCUT2D eigenvalue weighted by molar-refractivity contribution is 5.60. The van der Waals surface area contributed by atoms with E-state index in [0.29, 0.717) is 0 Å². The third-order valence-corrected chi connectivity index (χ3v) is 3.69. The molecular formula is C14H5F3N4. The summed E-state index contributed by atoms with van der Waals surface area (Å²) in [6, 6.07) is 10.6. The molecule has 0 aliphatic heterocycles. The molecule has 2 rings (SSSR count). The molecule has 0 heterocycles. The second kappa shape index (κ2) is 4.23. The van der Waals surface area contributed by atoms with Crippen LogP contribution in [0.3, 0.4) is 0 Å². The van der Waals surface area contributed by atoms with Gasteiger partial charge in [-0.3, -0.25) is 0 Å². The lowest BCUT2D eigenvalue weighted by molar-refractivity contribution is -0.138. The van der Waals surface area contributed by atoms with E-state index in [1.165, 1.54) is 6.07 Å². The molecule has 21 heavy (non-hydrogen) atoms. The maximum Gasteiger partial charge on any atom is 0.416 e. The van der Waals surface area contributed by atoms with E-state index < -0.39 is 28.5 Å². The van der Waals surface area contributed by atoms with Gasteiger partial charge in [0.1, 0.15) is 0 Å². The third kappa shape index (κ3) is 1.59. The van der Waals surface area contributed by atoms with Crippen LogP contribution >= 0.6 is 0 Å². The summed E-state index contributed by atoms with van der Waals surface area (Å²) < 4.78 is 39.1. The minimum absolute atomic E-state index is 0.379. The predicted octanol–water partition coefficient (Wildman–Crippen LogP) is 2.87. The second-order valence-electron chi connectivity index (χ2n) is 4.58. The number of hydrogen-bond acceptors (Lipinski definition) is 4. The van der Waals surface area contributed by atoms with Crippen molar-refractivity contribution in [3.8, 4) is 24.3 Å². The zero-order valence-electron chi connectivity index (χ0n) is 10.3. The minimum Gasteiger partial charge on any atom is -0.196 e. The van der Waals surface area contributed by atoms with Crippen molar-refractivity contribution in [1.82, 2.24) is 0 Å². The van der Waals surface area contributed by atoms with Crippen LogP contribution in [0.5, 0.6) is 0 Å². The molecule has 7 heteroatoms. The fraction of sp³-hybridized carbons (Fsp3) is 0.286. The van der Waals surface area contributed by atoms with E-state index in [4.69, 9.17) is 21.0 Å². The van der Waals surface area contributed by atoms with Crippen molar-refractivity contribution in [2.45, 2.75) is 12.1 Å². The van der Waals surface area contributed by atoms with Crippen LogP contribution in [-0.2, 0) is 6.18 Å². The Balaban J connectivity index is 2.72. The maximum absolute atomic E-state index is 13.0. The van der Waals surface area contributed by atoms with E-state index in [9.17, 15) is 13.2 Å². The van der Waals surface area contributed by atoms with Crippen LogP contribution in [0.2, 0.25) is 0 Å². The van der Waals surface area contributed by atoms with Crippen LogP contribution in [0.1, 0.15) is 17.0 Å². The Morgan fingerprint density at radius 3 is 1.67 bits per heavy atom. The molecule has 1 saturated carbocycles. The lowest BCUT2D eigenvalue weighted by Gasteiger charge is -2.12. The summed E-state index contributed by atoms with van der Waals surface area (Å²) in [5, 5.41) is 36.5. The molecule has 0 bridgehead atoms. The smallest absolute Gasteiger partial charge is 0.196 e. The molecule has 102 valence electrons. The number of halogens is 3. The SMILES string of the molecule is N#CC1(C#N)C(c2ccccc2C(F)(F)F)C1(C#N)C#N. The Hall–Kier alpha value is -3.03. The van der Waals surface area contributed by atoms with Gasteiger partial charge in [0.05, 0.1) is 35.8 Å². The topological polar surface area (TPSA) is 95.2 Å². The van der Waals surface area contributed by atoms with Gasteiger partial charge in [0.25, 0.3) is 0 Å². The highest BCUT2D eigenvalue weighted by Crippen LogP contribution is 2.74. The molecule has 0 atom stereocenters. The van der Waals surface area contributed by atoms with Gasteiger partial charge in [-0.25, -0.2) is 0 Å². The summed E-state index contributed by atoms with van der Waals surface area (Å²) in [5.74, 6) is -1.41. The first-order valence-corrected chi connectivity index (χ1v) is 5.65. The Morgan fingerprint density at radius 1 is 0.857 bits per heavy atom. The molecule has 1 aromatic carbocycles. The van der Waals surface area contributed by atoms with Crippen molar-refractivity contribution in [2.75, 3.05) is 0 Å². The van der Waals surface area contributed by atoms with Gasteiger partial charge in [0, 0.05) is 0 Å². The Labute approximate surface area is 117 Å². The van der Waals surface area contributed by atoms with Gasteiger partial charge in [0.2, 0.25) is 0 Å². The predicted molar refractivity (Wildman–Crippen MR) is 61.5 cm³/mol. The van der Waals surface area contributed by atoms with E-state index in [2.05, 4.69) is 0 Å². The summed E-state index contributed by atoms with van der Waals surface area (Å²) >= 11 is 0. The van der Waals surface area contributed by atoms with Gasteiger partial charge < -0.3 is 0 Å². The number of nitriles is 4. The van der Waals surface area contributed by atoms with E-state index in [0.717, 1.165) is 18.2 Å². The maximum atomic E-state index is 13.0. The van der Waals surface area contributed by atoms with Crippen LogP contribution in [0.25, 0.3) is 0 Å². The fourth-order valence-corrected chi connectivity index (χ4v) is 2.61. The Morgan fingerprint density at radius 2 is 1.29 bits per heavy atom. The largest absolute Gasteiger partial charge is 0.416 e. The monoisotopic (exact) mass is 286 g/mol. The van der Waals surface area contributed by atoms with E-state index in [1.54, 1.807) is 24.3 Å². The minimum atomic E-state index is -4.70. The van der Waals surface area contributed by atoms with Crippen LogP contribution < -0.4 is 0 Å². The molecule has 0 aromatic heterocycles. The van der Waals surface area contributed by atoms with Crippen LogP contribution in [-0.4, -0.2) is 0 Å². The quantitative estimate of drug-likeness (QED) is 0.793. The fourth-order valence-electron chi connectivity index (χ4n) is 2.61. The van der Waals surface area contributed by atoms with E-state index in [-0.39, 0.29) is 5.56 Å². The zero-order valence-corrected chi connectivity index (χ0v) is 10.3. The number of nitrogens with zero attached hydrogens (tertiary/aromatic N) is 4. The van der Waals surface area contributed by atoms with Crippen LogP contribution in [0.15, 0.2) is 24.3 Å². The zero-order chi connectivity index (χ0) is 15.9. The lowest BCUT2D eigenvalue weighted by Crippen LogP contribution is -2.10. The molecule has 0 amide bonds. The number of alkyl halides is 3. The summed E-state index contributed by atoms with van der Waals surface area (Å²) in [6.45, 7) is 0. The van der Waals surface area contributed by atoms with E-state index in [1.807, 2.05) is 0 Å². The van der Waals surface area contributed by atoms with E-state index >= 15 is 0 Å². The van der Waals surface area contributed by atoms with Crippen molar-refractivity contribution in [3.05, 3.63) is 35.4 Å². The molecule has 1 aliphatic carbocycles. The average Bonchev–Trinajstić information content (AvgIpc) is 3.09. The normalized spacial score (nSPS) is 18.6. The first kappa shape index (κ1) is 14.4. The van der Waals surface area contributed by atoms with Gasteiger partial charge >= 0.3 is 6.18 Å². The van der Waals surface area contributed by atoms with Gasteiger partial charge in [0.15, 0.2) is 10.8 Å². The standard InChI is InChI=1S/C14H5F3N4/c15-14(16,17)10-4-2-1-3-9(10)11-12(5-18,6-19)13(11,7-20)8-21/h1-4,11H. The molecule has 1 aliphatic rings. The summed E-state index contributed by atoms with van der Waals surface area (Å²) in [6.07, 6.45) is -4.70. The first-order chi connectivity index (χ1) is 9.84. The molecule has 1 aromatic rings. The van der Waals surface area contributed by atoms with Crippen molar-refractivity contribution < 1.29 is 13.2 Å². The van der Waals surface area contributed by atoms with Crippen LogP contribution in [0, 0.1) is 56.2 Å². The van der Waals surface area contributed by atoms with Gasteiger partial charge in [-0.05, 0) is 11.6 Å². The molecular weight excluding hydrogens is 281 g/mol. The van der Waals surface area contributed by atoms with Gasteiger partial charge in [-0.15, -0.1) is 0 Å². The summed E-state index contributed by atoms with van der Waals surface area (Å²) in [4.78, 5) is 0. The molecule has 0 unspecified atom stereocenters. The summed E-state index contributed by atoms with van der Waals surface area (Å²) in [7, 11) is 0. The van der Waals surface area contributed by atoms with Crippen molar-refractivity contribution in [2.24, 2.45) is 10.8 Å². The highest BCUT2D eigenvalue weighted by Gasteiger charge is 2.82. The first-order valence-electron chi connectivity index (χ1n) is 5.65. The molecule has 4 nitrogen and oxygen atoms in total. The number of rotatable bonds is 1. The number of benzene rings is 1. The number of hydrogen-bond donors (Lipinski definition) is 0. The third-order valence-electron chi connectivity index (χ3n) is 3.69. The van der Waals surface area contributed by atoms with Gasteiger partial charge in [-0.2, -0.15) is 34.2 Å². The molecule has 0 radical (unpaired) electrons. The molecule has 0 spiro atoms. The van der Waals surface area contributed by atoms with Crippen LogP contribution in [0.4, 0.5) is 13.2 Å². The summed E-state index contributed by atoms with van der Waals surface area (Å²) in [5.41, 5.74) is -5.59. The second-order valence-corrected chi connectivity index (χ2v) is 4.58. The molecule has 1 fully saturated rings. The van der Waals surface area contributed by atoms with Crippen molar-refractivity contribution in [1.29, 1.82) is 21.0 Å². The Bertz CT molecular complexity index is 702. The Kier molecular flexibility index (Phi) is 2.90.